The summed E-state index contributed by atoms with van der Waals surface area (Å²) in [5, 5.41) is 0. The van der Waals surface area contributed by atoms with Gasteiger partial charge < -0.3 is 9.80 Å². The van der Waals surface area contributed by atoms with Crippen LogP contribution >= 0.6 is 0 Å². The van der Waals surface area contributed by atoms with E-state index in [2.05, 4.69) is 41.8 Å². The Bertz CT molecular complexity index is 1320. The minimum absolute atomic E-state index is 0.0296. The zero-order valence-corrected chi connectivity index (χ0v) is 21.1. The lowest BCUT2D eigenvalue weighted by Crippen LogP contribution is -2.41. The summed E-state index contributed by atoms with van der Waals surface area (Å²) in [6.07, 6.45) is 6.10. The number of amides is 1. The molecule has 0 N–H and O–H groups in total. The van der Waals surface area contributed by atoms with Gasteiger partial charge in [-0.3, -0.25) is 4.79 Å². The Hall–Kier alpha value is -3.87. The van der Waals surface area contributed by atoms with Gasteiger partial charge in [-0.25, -0.2) is 4.99 Å². The summed E-state index contributed by atoms with van der Waals surface area (Å²) in [5.41, 5.74) is 6.07. The summed E-state index contributed by atoms with van der Waals surface area (Å²) < 4.78 is 37.8. The number of hydrogen-bond donors (Lipinski definition) is 0. The molecule has 0 spiro atoms. The summed E-state index contributed by atoms with van der Waals surface area (Å²) in [5.74, 6) is -0.0666. The van der Waals surface area contributed by atoms with Crippen LogP contribution in [0.1, 0.15) is 42.0 Å². The van der Waals surface area contributed by atoms with Crippen molar-refractivity contribution in [2.45, 2.75) is 44.3 Å². The van der Waals surface area contributed by atoms with Gasteiger partial charge >= 0.3 is 6.18 Å². The molecule has 0 fully saturated rings. The molecule has 3 aliphatic rings. The average molecular weight is 518 g/mol. The number of nitrogens with zero attached hydrogens (tertiary/aromatic N) is 3. The van der Waals surface area contributed by atoms with Crippen molar-refractivity contribution in [2.24, 2.45) is 4.99 Å². The SMILES string of the molecule is C=C1C2=C(CN(C(=O)Cc3ccc(CC(F)(F)F)cc3)CC2)N=CN1C(C1=CCCC=C1)c1ccccc1. The minimum atomic E-state index is -4.25. The third-order valence-corrected chi connectivity index (χ3v) is 7.19. The van der Waals surface area contributed by atoms with Crippen molar-refractivity contribution in [2.75, 3.05) is 13.1 Å². The van der Waals surface area contributed by atoms with Crippen LogP contribution in [0.2, 0.25) is 0 Å². The molecule has 2 aromatic rings. The van der Waals surface area contributed by atoms with Crippen molar-refractivity contribution >= 4 is 12.2 Å². The van der Waals surface area contributed by atoms with E-state index in [0.717, 1.165) is 35.4 Å². The second kappa shape index (κ2) is 10.9. The van der Waals surface area contributed by atoms with Gasteiger partial charge in [0.1, 0.15) is 0 Å². The summed E-state index contributed by atoms with van der Waals surface area (Å²) in [6.45, 7) is 5.37. The Kier molecular flexibility index (Phi) is 7.36. The fourth-order valence-electron chi connectivity index (χ4n) is 5.25. The number of carbonyl (C=O) groups excluding carboxylic acids is 1. The third kappa shape index (κ3) is 5.82. The molecule has 0 bridgehead atoms. The molecule has 2 heterocycles. The Balaban J connectivity index is 1.28. The molecule has 2 aliphatic heterocycles. The van der Waals surface area contributed by atoms with E-state index in [1.165, 1.54) is 17.7 Å². The molecule has 0 saturated carbocycles. The Morgan fingerprint density at radius 1 is 1.03 bits per heavy atom. The fraction of sp³-hybridized carbons (Fsp3) is 0.290. The van der Waals surface area contributed by atoms with Crippen molar-refractivity contribution in [3.8, 4) is 0 Å². The van der Waals surface area contributed by atoms with Crippen molar-refractivity contribution in [1.29, 1.82) is 0 Å². The molecule has 2 aromatic carbocycles. The molecule has 0 aromatic heterocycles. The number of aliphatic imine (C=N–C) groups is 1. The molecule has 0 saturated heterocycles. The highest BCUT2D eigenvalue weighted by Gasteiger charge is 2.32. The van der Waals surface area contributed by atoms with E-state index >= 15 is 0 Å². The van der Waals surface area contributed by atoms with Gasteiger partial charge in [0.15, 0.2) is 0 Å². The van der Waals surface area contributed by atoms with Crippen LogP contribution in [0, 0.1) is 0 Å². The molecule has 38 heavy (non-hydrogen) atoms. The number of carbonyl (C=O) groups is 1. The largest absolute Gasteiger partial charge is 0.393 e. The first-order valence-corrected chi connectivity index (χ1v) is 12.9. The molecular weight excluding hydrogens is 487 g/mol. The molecule has 1 aliphatic carbocycles. The van der Waals surface area contributed by atoms with E-state index in [1.807, 2.05) is 24.5 Å². The van der Waals surface area contributed by atoms with Crippen LogP contribution in [0.3, 0.4) is 0 Å². The molecular formula is C31H30F3N3O. The summed E-state index contributed by atoms with van der Waals surface area (Å²) in [7, 11) is 0. The lowest BCUT2D eigenvalue weighted by Gasteiger charge is -2.39. The predicted octanol–water partition coefficient (Wildman–Crippen LogP) is 6.70. The smallest absolute Gasteiger partial charge is 0.336 e. The molecule has 196 valence electrons. The van der Waals surface area contributed by atoms with Crippen LogP contribution in [-0.2, 0) is 17.6 Å². The number of hydrogen-bond acceptors (Lipinski definition) is 3. The normalized spacial score (nSPS) is 18.4. The lowest BCUT2D eigenvalue weighted by atomic mass is 9.91. The maximum Gasteiger partial charge on any atom is 0.393 e. The highest BCUT2D eigenvalue weighted by Crippen LogP contribution is 2.39. The van der Waals surface area contributed by atoms with Crippen molar-refractivity contribution in [3.63, 3.8) is 0 Å². The number of halogens is 3. The Morgan fingerprint density at radius 3 is 2.45 bits per heavy atom. The lowest BCUT2D eigenvalue weighted by molar-refractivity contribution is -0.130. The first-order chi connectivity index (χ1) is 18.3. The van der Waals surface area contributed by atoms with E-state index in [-0.39, 0.29) is 23.9 Å². The second-order valence-corrected chi connectivity index (χ2v) is 9.87. The van der Waals surface area contributed by atoms with Crippen LogP contribution in [0.5, 0.6) is 0 Å². The Morgan fingerprint density at radius 2 is 1.76 bits per heavy atom. The zero-order chi connectivity index (χ0) is 26.7. The van der Waals surface area contributed by atoms with Crippen LogP contribution in [-0.4, -0.2) is 41.3 Å². The van der Waals surface area contributed by atoms with Gasteiger partial charge in [0.2, 0.25) is 5.91 Å². The molecule has 1 atom stereocenters. The fourth-order valence-corrected chi connectivity index (χ4v) is 5.25. The third-order valence-electron chi connectivity index (χ3n) is 7.19. The van der Waals surface area contributed by atoms with Gasteiger partial charge in [-0.2, -0.15) is 13.2 Å². The van der Waals surface area contributed by atoms with E-state index < -0.39 is 12.6 Å². The molecule has 7 heteroatoms. The summed E-state index contributed by atoms with van der Waals surface area (Å²) in [4.78, 5) is 21.7. The standard InChI is InChI=1S/C31H30F3N3O/c1-22-27-16-17-36(29(38)18-23-12-14-24(15-13-23)19-31(32,33)34)20-28(27)35-21-37(22)30(25-8-4-2-5-9-25)26-10-6-3-7-11-26/h2,4-6,8-15,21,30H,1,3,7,16-20H2. The topological polar surface area (TPSA) is 35.9 Å². The van der Waals surface area contributed by atoms with Gasteiger partial charge in [-0.15, -0.1) is 0 Å². The van der Waals surface area contributed by atoms with E-state index in [1.54, 1.807) is 17.0 Å². The summed E-state index contributed by atoms with van der Waals surface area (Å²) >= 11 is 0. The van der Waals surface area contributed by atoms with Crippen molar-refractivity contribution < 1.29 is 18.0 Å². The van der Waals surface area contributed by atoms with Crippen LogP contribution < -0.4 is 0 Å². The first kappa shape index (κ1) is 25.8. The second-order valence-electron chi connectivity index (χ2n) is 9.87. The van der Waals surface area contributed by atoms with Crippen molar-refractivity contribution in [3.05, 3.63) is 119 Å². The molecule has 1 amide bonds. The predicted molar refractivity (Wildman–Crippen MR) is 143 cm³/mol. The molecule has 4 nitrogen and oxygen atoms in total. The number of alkyl halides is 3. The van der Waals surface area contributed by atoms with Gasteiger partial charge in [0.05, 0.1) is 37.5 Å². The minimum Gasteiger partial charge on any atom is -0.336 e. The maximum atomic E-state index is 13.0. The highest BCUT2D eigenvalue weighted by molar-refractivity contribution is 5.80. The molecule has 5 rings (SSSR count). The number of rotatable bonds is 6. The number of allylic oxidation sites excluding steroid dienone is 3. The first-order valence-electron chi connectivity index (χ1n) is 12.9. The maximum absolute atomic E-state index is 13.0. The Labute approximate surface area is 221 Å². The monoisotopic (exact) mass is 517 g/mol. The van der Waals surface area contributed by atoms with Crippen LogP contribution in [0.15, 0.2) is 107 Å². The van der Waals surface area contributed by atoms with Gasteiger partial charge in [0.25, 0.3) is 0 Å². The zero-order valence-electron chi connectivity index (χ0n) is 21.1. The van der Waals surface area contributed by atoms with Crippen LogP contribution in [0.4, 0.5) is 13.2 Å². The molecule has 0 radical (unpaired) electrons. The summed E-state index contributed by atoms with van der Waals surface area (Å²) in [6, 6.07) is 16.4. The average Bonchev–Trinajstić information content (AvgIpc) is 2.91. The van der Waals surface area contributed by atoms with Gasteiger partial charge in [0, 0.05) is 17.8 Å². The van der Waals surface area contributed by atoms with Crippen molar-refractivity contribution in [1.82, 2.24) is 9.80 Å². The number of benzene rings is 2. The van der Waals surface area contributed by atoms with E-state index in [0.29, 0.717) is 25.1 Å². The quantitative estimate of drug-likeness (QED) is 0.428. The van der Waals surface area contributed by atoms with Gasteiger partial charge in [-0.1, -0.05) is 79.4 Å². The van der Waals surface area contributed by atoms with E-state index in [4.69, 9.17) is 4.99 Å². The van der Waals surface area contributed by atoms with Gasteiger partial charge in [-0.05, 0) is 41.5 Å². The highest BCUT2D eigenvalue weighted by atomic mass is 19.4. The molecule has 1 unspecified atom stereocenters. The van der Waals surface area contributed by atoms with E-state index in [9.17, 15) is 18.0 Å². The van der Waals surface area contributed by atoms with Crippen LogP contribution in [0.25, 0.3) is 0 Å².